The second-order valence-corrected chi connectivity index (χ2v) is 14.5. The molecule has 10 aromatic rings. The van der Waals surface area contributed by atoms with Crippen molar-refractivity contribution in [2.45, 2.75) is 12.3 Å². The molecule has 11 rings (SSSR count). The maximum Gasteiger partial charge on any atom is 0.0542 e. The van der Waals surface area contributed by atoms with Gasteiger partial charge in [0.1, 0.15) is 0 Å². The Kier molecular flexibility index (Phi) is 7.03. The molecule has 1 atom stereocenters. The molecule has 0 radical (unpaired) electrons. The van der Waals surface area contributed by atoms with E-state index < -0.39 is 0 Å². The van der Waals surface area contributed by atoms with Crippen LogP contribution in [0.4, 0.5) is 17.1 Å². The number of fused-ring (bicyclic) bond motifs is 6. The van der Waals surface area contributed by atoms with Gasteiger partial charge in [-0.1, -0.05) is 146 Å². The number of anilines is 3. The second kappa shape index (κ2) is 12.4. The predicted molar refractivity (Wildman–Crippen MR) is 228 cm³/mol. The Labute approximate surface area is 314 Å². The Morgan fingerprint density at radius 3 is 1.94 bits per heavy atom. The number of rotatable bonds is 6. The van der Waals surface area contributed by atoms with Crippen molar-refractivity contribution in [1.82, 2.24) is 4.57 Å². The number of aromatic nitrogens is 1. The van der Waals surface area contributed by atoms with Crippen LogP contribution in [0.5, 0.6) is 0 Å². The van der Waals surface area contributed by atoms with Crippen LogP contribution in [0.1, 0.15) is 22.6 Å². The summed E-state index contributed by atoms with van der Waals surface area (Å²) in [7, 11) is 0. The van der Waals surface area contributed by atoms with Gasteiger partial charge in [-0.05, 0) is 105 Å². The lowest BCUT2D eigenvalue weighted by Crippen LogP contribution is -2.12. The summed E-state index contributed by atoms with van der Waals surface area (Å²) in [5.41, 5.74) is 13.9. The van der Waals surface area contributed by atoms with Gasteiger partial charge in [0.15, 0.2) is 0 Å². The van der Waals surface area contributed by atoms with E-state index in [1.54, 1.807) is 0 Å². The molecule has 9 aromatic carbocycles. The van der Waals surface area contributed by atoms with Gasteiger partial charge in [0.05, 0.1) is 16.7 Å². The molecule has 1 aliphatic carbocycles. The van der Waals surface area contributed by atoms with E-state index in [0.717, 1.165) is 23.5 Å². The van der Waals surface area contributed by atoms with Crippen molar-refractivity contribution in [3.63, 3.8) is 0 Å². The third kappa shape index (κ3) is 4.81. The van der Waals surface area contributed by atoms with Gasteiger partial charge in [-0.2, -0.15) is 0 Å². The minimum Gasteiger partial charge on any atom is -0.310 e. The van der Waals surface area contributed by atoms with Gasteiger partial charge in [-0.3, -0.25) is 0 Å². The zero-order valence-corrected chi connectivity index (χ0v) is 29.7. The quantitative estimate of drug-likeness (QED) is 0.169. The number of hydrogen-bond acceptors (Lipinski definition) is 1. The average Bonchev–Trinajstić information content (AvgIpc) is 3.57. The predicted octanol–water partition coefficient (Wildman–Crippen LogP) is 13.9. The highest BCUT2D eigenvalue weighted by molar-refractivity contribution is 6.11. The monoisotopic (exact) mass is 688 g/mol. The maximum absolute atomic E-state index is 2.44. The van der Waals surface area contributed by atoms with Gasteiger partial charge >= 0.3 is 0 Å². The summed E-state index contributed by atoms with van der Waals surface area (Å²) in [5.74, 6) is 0.282. The van der Waals surface area contributed by atoms with Crippen molar-refractivity contribution in [1.29, 1.82) is 0 Å². The molecule has 0 fully saturated rings. The standard InChI is InChI=1S/C52H36N2/c1-2-17-38(18-3-1)54-50-25-9-8-22-44(50)48-34-40(31-32-51(48)54)53(49-26-12-14-36-13-4-5-19-41(36)49)39-29-27-35(28-30-39)33-47-43-21-7-6-20-42(43)45-23-10-15-37-16-11-24-46(47)52(37)45/h1-32,34,47H,33H2. The number of benzene rings is 9. The Morgan fingerprint density at radius 2 is 1.06 bits per heavy atom. The number of hydrogen-bond donors (Lipinski definition) is 0. The van der Waals surface area contributed by atoms with Gasteiger partial charge in [-0.25, -0.2) is 0 Å². The molecule has 1 heterocycles. The first kappa shape index (κ1) is 30.7. The van der Waals surface area contributed by atoms with Crippen LogP contribution in [0, 0.1) is 0 Å². The first-order valence-electron chi connectivity index (χ1n) is 18.9. The minimum atomic E-state index is 0.282. The summed E-state index contributed by atoms with van der Waals surface area (Å²) in [6.07, 6.45) is 0.934. The Hall–Kier alpha value is -6.90. The summed E-state index contributed by atoms with van der Waals surface area (Å²) in [6.45, 7) is 0. The lowest BCUT2D eigenvalue weighted by atomic mass is 9.74. The Bertz CT molecular complexity index is 3020. The van der Waals surface area contributed by atoms with E-state index in [0.29, 0.717) is 0 Å². The molecule has 0 aliphatic heterocycles. The summed E-state index contributed by atoms with van der Waals surface area (Å²) in [5, 5.41) is 7.64. The van der Waals surface area contributed by atoms with Crippen molar-refractivity contribution >= 4 is 60.4 Å². The van der Waals surface area contributed by atoms with Gasteiger partial charge < -0.3 is 9.47 Å². The van der Waals surface area contributed by atoms with Crippen molar-refractivity contribution in [2.24, 2.45) is 0 Å². The van der Waals surface area contributed by atoms with E-state index in [2.05, 4.69) is 210 Å². The van der Waals surface area contributed by atoms with E-state index in [-0.39, 0.29) is 5.92 Å². The van der Waals surface area contributed by atoms with Crippen LogP contribution in [-0.2, 0) is 6.42 Å². The molecule has 0 amide bonds. The topological polar surface area (TPSA) is 8.17 Å². The van der Waals surface area contributed by atoms with E-state index in [1.165, 1.54) is 76.9 Å². The highest BCUT2D eigenvalue weighted by Gasteiger charge is 2.27. The molecule has 0 bridgehead atoms. The van der Waals surface area contributed by atoms with E-state index in [4.69, 9.17) is 0 Å². The third-order valence-electron chi connectivity index (χ3n) is 11.5. The molecule has 0 saturated heterocycles. The highest BCUT2D eigenvalue weighted by atomic mass is 15.1. The Balaban J connectivity index is 1.05. The first-order valence-corrected chi connectivity index (χ1v) is 18.9. The van der Waals surface area contributed by atoms with Crippen LogP contribution in [0.15, 0.2) is 200 Å². The molecule has 0 N–H and O–H groups in total. The number of para-hydroxylation sites is 2. The van der Waals surface area contributed by atoms with Crippen molar-refractivity contribution in [2.75, 3.05) is 4.90 Å². The van der Waals surface area contributed by atoms with Crippen LogP contribution in [-0.4, -0.2) is 4.57 Å². The third-order valence-corrected chi connectivity index (χ3v) is 11.5. The van der Waals surface area contributed by atoms with Crippen LogP contribution in [0.25, 0.3) is 60.2 Å². The fraction of sp³-hybridized carbons (Fsp3) is 0.0385. The molecule has 254 valence electrons. The van der Waals surface area contributed by atoms with Gasteiger partial charge in [0.2, 0.25) is 0 Å². The van der Waals surface area contributed by atoms with Crippen molar-refractivity contribution < 1.29 is 0 Å². The van der Waals surface area contributed by atoms with E-state index in [1.807, 2.05) is 0 Å². The first-order chi connectivity index (χ1) is 26.8. The minimum absolute atomic E-state index is 0.282. The molecule has 2 heteroatoms. The molecule has 1 aromatic heterocycles. The van der Waals surface area contributed by atoms with Crippen molar-refractivity contribution in [3.8, 4) is 16.8 Å². The average molecular weight is 689 g/mol. The zero-order chi connectivity index (χ0) is 35.6. The molecule has 1 aliphatic rings. The van der Waals surface area contributed by atoms with Gasteiger partial charge in [0.25, 0.3) is 0 Å². The summed E-state index contributed by atoms with van der Waals surface area (Å²) in [6, 6.07) is 73.6. The van der Waals surface area contributed by atoms with Crippen LogP contribution < -0.4 is 4.90 Å². The largest absolute Gasteiger partial charge is 0.310 e. The smallest absolute Gasteiger partial charge is 0.0542 e. The molecule has 54 heavy (non-hydrogen) atoms. The van der Waals surface area contributed by atoms with E-state index in [9.17, 15) is 0 Å². The van der Waals surface area contributed by atoms with Gasteiger partial charge in [-0.15, -0.1) is 0 Å². The fourth-order valence-electron chi connectivity index (χ4n) is 9.12. The lowest BCUT2D eigenvalue weighted by Gasteiger charge is -2.29. The summed E-state index contributed by atoms with van der Waals surface area (Å²) in [4.78, 5) is 2.44. The molecular weight excluding hydrogens is 653 g/mol. The van der Waals surface area contributed by atoms with Crippen LogP contribution in [0.2, 0.25) is 0 Å². The molecule has 0 saturated carbocycles. The SMILES string of the molecule is c1ccc(-n2c3ccccc3c3cc(N(c4ccc(CC5c6ccccc6-c6cccc7cccc5c67)cc4)c4cccc5ccccc45)ccc32)cc1. The highest BCUT2D eigenvalue weighted by Crippen LogP contribution is 2.47. The number of nitrogens with zero attached hydrogens (tertiary/aromatic N) is 2. The Morgan fingerprint density at radius 1 is 0.426 bits per heavy atom. The van der Waals surface area contributed by atoms with Crippen LogP contribution >= 0.6 is 0 Å². The second-order valence-electron chi connectivity index (χ2n) is 14.5. The van der Waals surface area contributed by atoms with Crippen molar-refractivity contribution in [3.05, 3.63) is 217 Å². The molecule has 0 spiro atoms. The van der Waals surface area contributed by atoms with E-state index >= 15 is 0 Å². The summed E-state index contributed by atoms with van der Waals surface area (Å²) < 4.78 is 2.38. The maximum atomic E-state index is 2.44. The summed E-state index contributed by atoms with van der Waals surface area (Å²) >= 11 is 0. The zero-order valence-electron chi connectivity index (χ0n) is 29.7. The van der Waals surface area contributed by atoms with Gasteiger partial charge in [0, 0.05) is 39.1 Å². The molecule has 1 unspecified atom stereocenters. The van der Waals surface area contributed by atoms with Crippen LogP contribution in [0.3, 0.4) is 0 Å². The fourth-order valence-corrected chi connectivity index (χ4v) is 9.12. The lowest BCUT2D eigenvalue weighted by molar-refractivity contribution is 0.809. The molecule has 2 nitrogen and oxygen atoms in total. The molecular formula is C52H36N2. The normalized spacial score (nSPS) is 13.4.